The molecule has 2 aromatic carbocycles. The van der Waals surface area contributed by atoms with Crippen molar-refractivity contribution in [1.82, 2.24) is 9.80 Å². The summed E-state index contributed by atoms with van der Waals surface area (Å²) in [6.45, 7) is 0.285. The van der Waals surface area contributed by atoms with E-state index in [-0.39, 0.29) is 30.7 Å². The minimum atomic E-state index is -0.582. The molecular weight excluding hydrogens is 330 g/mol. The fourth-order valence-corrected chi connectivity index (χ4v) is 2.90. The van der Waals surface area contributed by atoms with Gasteiger partial charge < -0.3 is 10.2 Å². The Balaban J connectivity index is 1.66. The maximum absolute atomic E-state index is 12.6. The maximum atomic E-state index is 12.6. The average molecular weight is 351 g/mol. The van der Waals surface area contributed by atoms with Crippen LogP contribution in [-0.2, 0) is 16.1 Å². The first-order chi connectivity index (χ1) is 12.5. The zero-order valence-electron chi connectivity index (χ0n) is 14.8. The number of amides is 3. The first-order valence-electron chi connectivity index (χ1n) is 8.42. The summed E-state index contributed by atoms with van der Waals surface area (Å²) < 4.78 is 0. The van der Waals surface area contributed by atoms with Crippen LogP contribution in [0.5, 0.6) is 0 Å². The average Bonchev–Trinajstić information content (AvgIpc) is 2.90. The van der Waals surface area contributed by atoms with Gasteiger partial charge >= 0.3 is 0 Å². The number of carbonyl (C=O) groups is 3. The van der Waals surface area contributed by atoms with Crippen LogP contribution in [0.3, 0.4) is 0 Å². The largest absolute Gasteiger partial charge is 0.373 e. The van der Waals surface area contributed by atoms with Crippen molar-refractivity contribution in [2.24, 2.45) is 0 Å². The summed E-state index contributed by atoms with van der Waals surface area (Å²) >= 11 is 0. The van der Waals surface area contributed by atoms with Crippen molar-refractivity contribution < 1.29 is 14.4 Å². The molecule has 0 radical (unpaired) electrons. The normalized spacial score (nSPS) is 16.7. The molecule has 0 bridgehead atoms. The Labute approximate surface area is 152 Å². The van der Waals surface area contributed by atoms with E-state index in [1.165, 1.54) is 9.80 Å². The van der Waals surface area contributed by atoms with Crippen molar-refractivity contribution in [3.8, 4) is 0 Å². The fourth-order valence-electron chi connectivity index (χ4n) is 2.90. The molecule has 26 heavy (non-hydrogen) atoms. The first-order valence-corrected chi connectivity index (χ1v) is 8.42. The van der Waals surface area contributed by atoms with Gasteiger partial charge in [-0.1, -0.05) is 30.3 Å². The predicted octanol–water partition coefficient (Wildman–Crippen LogP) is 2.13. The molecule has 1 aliphatic rings. The molecule has 1 atom stereocenters. The zero-order valence-corrected chi connectivity index (χ0v) is 14.8. The van der Waals surface area contributed by atoms with Gasteiger partial charge in [0.05, 0.1) is 13.0 Å². The molecule has 2 aromatic rings. The third-order valence-electron chi connectivity index (χ3n) is 4.31. The molecule has 1 N–H and O–H groups in total. The lowest BCUT2D eigenvalue weighted by Gasteiger charge is -2.16. The van der Waals surface area contributed by atoms with E-state index in [0.717, 1.165) is 5.56 Å². The van der Waals surface area contributed by atoms with Crippen LogP contribution >= 0.6 is 0 Å². The van der Waals surface area contributed by atoms with Crippen LogP contribution in [0, 0.1) is 0 Å². The van der Waals surface area contributed by atoms with E-state index in [2.05, 4.69) is 5.32 Å². The molecule has 1 fully saturated rings. The van der Waals surface area contributed by atoms with Crippen molar-refractivity contribution >= 4 is 23.4 Å². The molecule has 6 heteroatoms. The molecule has 0 spiro atoms. The summed E-state index contributed by atoms with van der Waals surface area (Å²) in [5.74, 6) is -0.499. The lowest BCUT2D eigenvalue weighted by Crippen LogP contribution is -2.34. The summed E-state index contributed by atoms with van der Waals surface area (Å²) in [4.78, 5) is 39.5. The van der Waals surface area contributed by atoms with Crippen LogP contribution in [0.4, 0.5) is 5.69 Å². The van der Waals surface area contributed by atoms with E-state index in [0.29, 0.717) is 11.3 Å². The topological polar surface area (TPSA) is 69.7 Å². The number of carbonyl (C=O) groups excluding carboxylic acids is 3. The predicted molar refractivity (Wildman–Crippen MR) is 98.5 cm³/mol. The number of nitrogens with one attached hydrogen (secondary N) is 1. The summed E-state index contributed by atoms with van der Waals surface area (Å²) in [6, 6.07) is 15.8. The molecule has 0 saturated carbocycles. The smallest absolute Gasteiger partial charge is 0.253 e. The highest BCUT2D eigenvalue weighted by molar-refractivity contribution is 6.06. The minimum Gasteiger partial charge on any atom is -0.373 e. The van der Waals surface area contributed by atoms with E-state index < -0.39 is 6.04 Å². The first kappa shape index (κ1) is 17.7. The van der Waals surface area contributed by atoms with Gasteiger partial charge in [0.2, 0.25) is 5.91 Å². The highest BCUT2D eigenvalue weighted by Gasteiger charge is 2.38. The van der Waals surface area contributed by atoms with Gasteiger partial charge in [-0.25, -0.2) is 0 Å². The van der Waals surface area contributed by atoms with Crippen LogP contribution in [0.2, 0.25) is 0 Å². The van der Waals surface area contributed by atoms with Crippen molar-refractivity contribution in [3.05, 3.63) is 65.7 Å². The monoisotopic (exact) mass is 351 g/mol. The van der Waals surface area contributed by atoms with Gasteiger partial charge in [-0.15, -0.1) is 0 Å². The molecule has 1 heterocycles. The summed E-state index contributed by atoms with van der Waals surface area (Å²) in [6.07, 6.45) is 0.129. The fraction of sp³-hybridized carbons (Fsp3) is 0.250. The van der Waals surface area contributed by atoms with Gasteiger partial charge in [-0.2, -0.15) is 0 Å². The molecular formula is C20H21N3O3. The number of anilines is 1. The van der Waals surface area contributed by atoms with Gasteiger partial charge in [-0.05, 0) is 29.8 Å². The highest BCUT2D eigenvalue weighted by Crippen LogP contribution is 2.21. The molecule has 0 unspecified atom stereocenters. The van der Waals surface area contributed by atoms with Gasteiger partial charge in [0.1, 0.15) is 6.04 Å². The van der Waals surface area contributed by atoms with E-state index in [1.54, 1.807) is 38.4 Å². The molecule has 0 aliphatic carbocycles. The lowest BCUT2D eigenvalue weighted by molar-refractivity contribution is -0.139. The number of rotatable bonds is 5. The van der Waals surface area contributed by atoms with E-state index in [4.69, 9.17) is 0 Å². The Kier molecular flexibility index (Phi) is 5.02. The van der Waals surface area contributed by atoms with E-state index >= 15 is 0 Å². The van der Waals surface area contributed by atoms with E-state index in [1.807, 2.05) is 30.3 Å². The third-order valence-corrected chi connectivity index (χ3v) is 4.31. The summed E-state index contributed by atoms with van der Waals surface area (Å²) in [7, 11) is 3.39. The summed E-state index contributed by atoms with van der Waals surface area (Å²) in [5.41, 5.74) is 2.19. The van der Waals surface area contributed by atoms with Gasteiger partial charge in [0.25, 0.3) is 11.8 Å². The number of benzene rings is 2. The number of likely N-dealkylation sites (tertiary alicyclic amines) is 1. The number of nitrogens with zero attached hydrogens (tertiary/aromatic N) is 2. The third kappa shape index (κ3) is 3.74. The van der Waals surface area contributed by atoms with Crippen molar-refractivity contribution in [1.29, 1.82) is 0 Å². The van der Waals surface area contributed by atoms with Crippen molar-refractivity contribution in [3.63, 3.8) is 0 Å². The minimum absolute atomic E-state index is 0.0855. The molecule has 134 valence electrons. The second kappa shape index (κ2) is 7.39. The molecule has 1 saturated heterocycles. The Hall–Kier alpha value is -3.15. The van der Waals surface area contributed by atoms with Crippen LogP contribution in [0.25, 0.3) is 0 Å². The zero-order chi connectivity index (χ0) is 18.7. The van der Waals surface area contributed by atoms with Crippen LogP contribution < -0.4 is 5.32 Å². The quantitative estimate of drug-likeness (QED) is 0.838. The maximum Gasteiger partial charge on any atom is 0.253 e. The SMILES string of the molecule is CN(C)C(=O)c1ccc(N[C@H]2CC(=O)N(Cc3ccccc3)C2=O)cc1. The molecule has 6 nitrogen and oxygen atoms in total. The van der Waals surface area contributed by atoms with Crippen LogP contribution in [0.1, 0.15) is 22.3 Å². The molecule has 1 aliphatic heterocycles. The van der Waals surface area contributed by atoms with Gasteiger partial charge in [-0.3, -0.25) is 19.3 Å². The Morgan fingerprint density at radius 3 is 2.35 bits per heavy atom. The Morgan fingerprint density at radius 1 is 1.08 bits per heavy atom. The number of hydrogen-bond acceptors (Lipinski definition) is 4. The van der Waals surface area contributed by atoms with E-state index in [9.17, 15) is 14.4 Å². The molecule has 0 aromatic heterocycles. The van der Waals surface area contributed by atoms with Crippen LogP contribution in [-0.4, -0.2) is 47.7 Å². The van der Waals surface area contributed by atoms with Crippen LogP contribution in [0.15, 0.2) is 54.6 Å². The van der Waals surface area contributed by atoms with Crippen molar-refractivity contribution in [2.75, 3.05) is 19.4 Å². The molecule has 3 rings (SSSR count). The second-order valence-corrected chi connectivity index (χ2v) is 6.48. The number of imide groups is 1. The standard InChI is InChI=1S/C20H21N3O3/c1-22(2)19(25)15-8-10-16(11-9-15)21-17-12-18(24)23(20(17)26)13-14-6-4-3-5-7-14/h3-11,17,21H,12-13H2,1-2H3/t17-/m0/s1. The molecule has 3 amide bonds. The Morgan fingerprint density at radius 2 is 1.73 bits per heavy atom. The van der Waals surface area contributed by atoms with Gasteiger partial charge in [0, 0.05) is 25.3 Å². The highest BCUT2D eigenvalue weighted by atomic mass is 16.2. The second-order valence-electron chi connectivity index (χ2n) is 6.48. The van der Waals surface area contributed by atoms with Crippen molar-refractivity contribution in [2.45, 2.75) is 19.0 Å². The Bertz CT molecular complexity index is 816. The summed E-state index contributed by atoms with van der Waals surface area (Å²) in [5, 5.41) is 3.10. The van der Waals surface area contributed by atoms with Gasteiger partial charge in [0.15, 0.2) is 0 Å². The number of hydrogen-bond donors (Lipinski definition) is 1. The lowest BCUT2D eigenvalue weighted by atomic mass is 10.1.